The van der Waals surface area contributed by atoms with E-state index < -0.39 is 0 Å². The topological polar surface area (TPSA) is 20.3 Å². The summed E-state index contributed by atoms with van der Waals surface area (Å²) in [7, 11) is 0. The van der Waals surface area contributed by atoms with E-state index in [2.05, 4.69) is 32.1 Å². The minimum absolute atomic E-state index is 0.234. The second-order valence-corrected chi connectivity index (χ2v) is 4.57. The third kappa shape index (κ3) is 4.74. The number of carbonyl (C=O) groups excluding carboxylic acids is 1. The number of benzene rings is 1. The summed E-state index contributed by atoms with van der Waals surface area (Å²) in [6.07, 6.45) is 3.73. The smallest absolute Gasteiger partial charge is 0.222 e. The van der Waals surface area contributed by atoms with Gasteiger partial charge in [0.1, 0.15) is 0 Å². The molecule has 0 spiro atoms. The zero-order valence-electron chi connectivity index (χ0n) is 11.6. The van der Waals surface area contributed by atoms with Gasteiger partial charge in [-0.1, -0.05) is 55.8 Å². The fraction of sp³-hybridized carbons (Fsp3) is 0.438. The summed E-state index contributed by atoms with van der Waals surface area (Å²) in [6, 6.07) is 10.2. The van der Waals surface area contributed by atoms with Crippen molar-refractivity contribution in [2.24, 2.45) is 0 Å². The molecule has 18 heavy (non-hydrogen) atoms. The van der Waals surface area contributed by atoms with Crippen molar-refractivity contribution in [3.05, 3.63) is 41.5 Å². The van der Waals surface area contributed by atoms with Crippen LogP contribution in [-0.2, 0) is 4.79 Å². The van der Waals surface area contributed by atoms with Gasteiger partial charge in [-0.2, -0.15) is 0 Å². The molecule has 2 heteroatoms. The largest absolute Gasteiger partial charge is 0.339 e. The Morgan fingerprint density at radius 2 is 1.89 bits per heavy atom. The molecule has 0 saturated heterocycles. The second kappa shape index (κ2) is 7.70. The number of carbonyl (C=O) groups is 1. The summed E-state index contributed by atoms with van der Waals surface area (Å²) in [6.45, 7) is 7.67. The molecule has 0 atom stereocenters. The molecule has 0 aliphatic carbocycles. The summed E-state index contributed by atoms with van der Waals surface area (Å²) in [5.74, 6) is 0.234. The number of hydrogen-bond acceptors (Lipinski definition) is 1. The molecule has 0 saturated carbocycles. The highest BCUT2D eigenvalue weighted by atomic mass is 16.2. The molecule has 0 fully saturated rings. The molecule has 0 unspecified atom stereocenters. The van der Waals surface area contributed by atoms with Crippen LogP contribution in [0, 0.1) is 0 Å². The monoisotopic (exact) mass is 245 g/mol. The fourth-order valence-corrected chi connectivity index (χ4v) is 1.97. The summed E-state index contributed by atoms with van der Waals surface area (Å²) in [5, 5.41) is 0. The highest BCUT2D eigenvalue weighted by Crippen LogP contribution is 2.09. The van der Waals surface area contributed by atoms with E-state index in [-0.39, 0.29) is 5.91 Å². The Balaban J connectivity index is 2.69. The van der Waals surface area contributed by atoms with Gasteiger partial charge >= 0.3 is 0 Å². The second-order valence-electron chi connectivity index (χ2n) is 4.57. The number of hydrogen-bond donors (Lipinski definition) is 0. The summed E-state index contributed by atoms with van der Waals surface area (Å²) >= 11 is 0. The van der Waals surface area contributed by atoms with E-state index in [1.54, 1.807) is 0 Å². The van der Waals surface area contributed by atoms with Crippen LogP contribution in [0.2, 0.25) is 0 Å². The maximum absolute atomic E-state index is 11.8. The van der Waals surface area contributed by atoms with Gasteiger partial charge in [0.25, 0.3) is 0 Å². The van der Waals surface area contributed by atoms with Gasteiger partial charge in [-0.15, -0.1) is 0 Å². The molecule has 0 bridgehead atoms. The van der Waals surface area contributed by atoms with Gasteiger partial charge in [-0.3, -0.25) is 4.79 Å². The maximum atomic E-state index is 11.8. The average molecular weight is 245 g/mol. The van der Waals surface area contributed by atoms with E-state index in [9.17, 15) is 4.79 Å². The molecule has 1 aromatic rings. The molecule has 98 valence electrons. The van der Waals surface area contributed by atoms with Crippen molar-refractivity contribution in [1.29, 1.82) is 0 Å². The van der Waals surface area contributed by atoms with Crippen molar-refractivity contribution in [1.82, 2.24) is 4.90 Å². The molecule has 0 aromatic heterocycles. The van der Waals surface area contributed by atoms with Crippen molar-refractivity contribution in [3.63, 3.8) is 0 Å². The minimum atomic E-state index is 0.234. The van der Waals surface area contributed by atoms with Crippen LogP contribution in [-0.4, -0.2) is 23.9 Å². The lowest BCUT2D eigenvalue weighted by molar-refractivity contribution is -0.130. The van der Waals surface area contributed by atoms with E-state index in [4.69, 9.17) is 0 Å². The molecular weight excluding hydrogens is 222 g/mol. The third-order valence-electron chi connectivity index (χ3n) is 2.80. The van der Waals surface area contributed by atoms with E-state index in [0.29, 0.717) is 6.42 Å². The number of amides is 1. The summed E-state index contributed by atoms with van der Waals surface area (Å²) < 4.78 is 0. The predicted octanol–water partition coefficient (Wildman–Crippen LogP) is 3.74. The van der Waals surface area contributed by atoms with E-state index in [0.717, 1.165) is 19.5 Å². The molecule has 0 radical (unpaired) electrons. The van der Waals surface area contributed by atoms with Crippen molar-refractivity contribution < 1.29 is 4.79 Å². The average Bonchev–Trinajstić information content (AvgIpc) is 2.38. The molecule has 2 nitrogen and oxygen atoms in total. The van der Waals surface area contributed by atoms with Gasteiger partial charge in [0.05, 0.1) is 0 Å². The van der Waals surface area contributed by atoms with Gasteiger partial charge < -0.3 is 4.90 Å². The minimum Gasteiger partial charge on any atom is -0.339 e. The first-order valence-corrected chi connectivity index (χ1v) is 6.67. The molecule has 1 amide bonds. The number of rotatable bonds is 6. The van der Waals surface area contributed by atoms with Crippen LogP contribution in [0.25, 0.3) is 6.08 Å². The van der Waals surface area contributed by atoms with Crippen LogP contribution >= 0.6 is 0 Å². The Morgan fingerprint density at radius 1 is 1.22 bits per heavy atom. The Labute approximate surface area is 110 Å². The summed E-state index contributed by atoms with van der Waals surface area (Å²) in [5.41, 5.74) is 2.41. The quantitative estimate of drug-likeness (QED) is 0.747. The Kier molecular flexibility index (Phi) is 6.20. The van der Waals surface area contributed by atoms with Gasteiger partial charge in [0.15, 0.2) is 0 Å². The van der Waals surface area contributed by atoms with Gasteiger partial charge in [0, 0.05) is 19.5 Å². The lowest BCUT2D eigenvalue weighted by Gasteiger charge is -2.22. The van der Waals surface area contributed by atoms with Crippen LogP contribution in [0.15, 0.2) is 35.9 Å². The SMILES string of the molecule is CCCN(CC(C)=Cc1ccccc1)C(=O)CC. The standard InChI is InChI=1S/C16H23NO/c1-4-11-17(16(18)5-2)13-14(3)12-15-9-7-6-8-10-15/h6-10,12H,4-5,11,13H2,1-3H3. The van der Waals surface area contributed by atoms with E-state index in [1.165, 1.54) is 11.1 Å². The Bertz CT molecular complexity index is 395. The first-order chi connectivity index (χ1) is 8.67. The molecule has 1 rings (SSSR count). The van der Waals surface area contributed by atoms with Crippen molar-refractivity contribution in [2.45, 2.75) is 33.6 Å². The van der Waals surface area contributed by atoms with E-state index in [1.807, 2.05) is 30.0 Å². The van der Waals surface area contributed by atoms with Crippen molar-refractivity contribution in [2.75, 3.05) is 13.1 Å². The lowest BCUT2D eigenvalue weighted by atomic mass is 10.1. The van der Waals surface area contributed by atoms with Gasteiger partial charge in [-0.25, -0.2) is 0 Å². The van der Waals surface area contributed by atoms with Crippen LogP contribution in [0.4, 0.5) is 0 Å². The van der Waals surface area contributed by atoms with Crippen LogP contribution in [0.5, 0.6) is 0 Å². The molecule has 0 aliphatic rings. The first kappa shape index (κ1) is 14.5. The zero-order valence-corrected chi connectivity index (χ0v) is 11.6. The zero-order chi connectivity index (χ0) is 13.4. The predicted molar refractivity (Wildman–Crippen MR) is 77.3 cm³/mol. The third-order valence-corrected chi connectivity index (χ3v) is 2.80. The molecule has 0 aliphatic heterocycles. The molecule has 0 heterocycles. The van der Waals surface area contributed by atoms with Crippen LogP contribution in [0.1, 0.15) is 39.2 Å². The lowest BCUT2D eigenvalue weighted by Crippen LogP contribution is -2.32. The Morgan fingerprint density at radius 3 is 2.44 bits per heavy atom. The highest BCUT2D eigenvalue weighted by Gasteiger charge is 2.10. The first-order valence-electron chi connectivity index (χ1n) is 6.67. The van der Waals surface area contributed by atoms with Crippen molar-refractivity contribution >= 4 is 12.0 Å². The number of nitrogens with zero attached hydrogens (tertiary/aromatic N) is 1. The van der Waals surface area contributed by atoms with Gasteiger partial charge in [-0.05, 0) is 18.9 Å². The normalized spacial score (nSPS) is 11.4. The van der Waals surface area contributed by atoms with Crippen LogP contribution in [0.3, 0.4) is 0 Å². The molecular formula is C16H23NO. The summed E-state index contributed by atoms with van der Waals surface area (Å²) in [4.78, 5) is 13.7. The maximum Gasteiger partial charge on any atom is 0.222 e. The van der Waals surface area contributed by atoms with Gasteiger partial charge in [0.2, 0.25) is 5.91 Å². The van der Waals surface area contributed by atoms with Crippen LogP contribution < -0.4 is 0 Å². The van der Waals surface area contributed by atoms with Crippen molar-refractivity contribution in [3.8, 4) is 0 Å². The molecule has 1 aromatic carbocycles. The molecule has 0 N–H and O–H groups in total. The Hall–Kier alpha value is -1.57. The van der Waals surface area contributed by atoms with E-state index >= 15 is 0 Å². The fourth-order valence-electron chi connectivity index (χ4n) is 1.97. The highest BCUT2D eigenvalue weighted by molar-refractivity contribution is 5.76.